The number of hydrogen-bond donors (Lipinski definition) is 2. The maximum atomic E-state index is 12.8. The highest BCUT2D eigenvalue weighted by molar-refractivity contribution is 8.00. The van der Waals surface area contributed by atoms with E-state index in [4.69, 9.17) is 4.74 Å². The number of ether oxygens (including phenoxy) is 1. The van der Waals surface area contributed by atoms with Crippen LogP contribution in [0.1, 0.15) is 70.4 Å². The van der Waals surface area contributed by atoms with Crippen molar-refractivity contribution in [3.63, 3.8) is 0 Å². The minimum absolute atomic E-state index is 0.00383. The Kier molecular flexibility index (Phi) is 8.38. The predicted molar refractivity (Wildman–Crippen MR) is 146 cm³/mol. The van der Waals surface area contributed by atoms with Gasteiger partial charge in [-0.15, -0.1) is 0 Å². The molecular formula is C30H31N3O4S. The number of hydrogen-bond acceptors (Lipinski definition) is 6. The molecule has 1 aromatic heterocycles. The molecule has 3 aromatic rings. The highest BCUT2D eigenvalue weighted by Gasteiger charge is 2.24. The third-order valence-electron chi connectivity index (χ3n) is 7.07. The van der Waals surface area contributed by atoms with Crippen LogP contribution in [-0.2, 0) is 27.2 Å². The maximum absolute atomic E-state index is 12.8. The number of benzene rings is 2. The molecule has 1 heterocycles. The lowest BCUT2D eigenvalue weighted by Gasteiger charge is -2.26. The summed E-state index contributed by atoms with van der Waals surface area (Å²) in [4.78, 5) is 42.4. The van der Waals surface area contributed by atoms with Crippen LogP contribution in [0.2, 0.25) is 0 Å². The van der Waals surface area contributed by atoms with Gasteiger partial charge >= 0.3 is 5.97 Å². The first kappa shape index (κ1) is 26.0. The van der Waals surface area contributed by atoms with E-state index in [1.54, 1.807) is 18.3 Å². The zero-order chi connectivity index (χ0) is 26.3. The van der Waals surface area contributed by atoms with E-state index in [1.165, 1.54) is 28.5 Å². The van der Waals surface area contributed by atoms with Crippen LogP contribution in [0.3, 0.4) is 0 Å². The number of aromatic nitrogens is 1. The Labute approximate surface area is 226 Å². The SMILES string of the molecule is O=C(COC(=O)c1cccnc1SCC(=O)NC1CCCc2ccccc21)NC1CCCc2ccccc21. The topological polar surface area (TPSA) is 97.4 Å². The average molecular weight is 530 g/mol. The normalized spacial score (nSPS) is 18.0. The fourth-order valence-electron chi connectivity index (χ4n) is 5.28. The van der Waals surface area contributed by atoms with Gasteiger partial charge in [0, 0.05) is 6.20 Å². The smallest absolute Gasteiger partial charge is 0.341 e. The van der Waals surface area contributed by atoms with Crippen molar-refractivity contribution in [1.82, 2.24) is 15.6 Å². The second kappa shape index (κ2) is 12.3. The second-order valence-electron chi connectivity index (χ2n) is 9.64. The minimum Gasteiger partial charge on any atom is -0.452 e. The number of rotatable bonds is 8. The zero-order valence-corrected chi connectivity index (χ0v) is 22.0. The first-order chi connectivity index (χ1) is 18.6. The van der Waals surface area contributed by atoms with Crippen molar-refractivity contribution < 1.29 is 19.1 Å². The van der Waals surface area contributed by atoms with Gasteiger partial charge in [-0.3, -0.25) is 9.59 Å². The third kappa shape index (κ3) is 6.25. The summed E-state index contributed by atoms with van der Waals surface area (Å²) in [5, 5.41) is 6.52. The van der Waals surface area contributed by atoms with Gasteiger partial charge in [-0.2, -0.15) is 0 Å². The summed E-state index contributed by atoms with van der Waals surface area (Å²) in [6.45, 7) is -0.377. The fraction of sp³-hybridized carbons (Fsp3) is 0.333. The van der Waals surface area contributed by atoms with Crippen LogP contribution in [0.4, 0.5) is 0 Å². The van der Waals surface area contributed by atoms with Gasteiger partial charge in [0.2, 0.25) is 5.91 Å². The molecule has 196 valence electrons. The summed E-state index contributed by atoms with van der Waals surface area (Å²) in [6.07, 6.45) is 7.40. The first-order valence-electron chi connectivity index (χ1n) is 13.1. The van der Waals surface area contributed by atoms with Crippen LogP contribution in [-0.4, -0.2) is 35.1 Å². The van der Waals surface area contributed by atoms with E-state index in [9.17, 15) is 14.4 Å². The number of nitrogens with one attached hydrogen (secondary N) is 2. The highest BCUT2D eigenvalue weighted by atomic mass is 32.2. The molecule has 2 aromatic carbocycles. The molecule has 2 atom stereocenters. The minimum atomic E-state index is -0.638. The number of aryl methyl sites for hydroxylation is 2. The molecule has 2 N–H and O–H groups in total. The van der Waals surface area contributed by atoms with Gasteiger partial charge in [-0.25, -0.2) is 9.78 Å². The Balaban J connectivity index is 1.13. The highest BCUT2D eigenvalue weighted by Crippen LogP contribution is 2.31. The summed E-state index contributed by atoms with van der Waals surface area (Å²) in [5.74, 6) is -0.974. The molecule has 0 radical (unpaired) electrons. The van der Waals surface area contributed by atoms with E-state index in [0.717, 1.165) is 44.1 Å². The van der Waals surface area contributed by atoms with Gasteiger partial charge in [0.15, 0.2) is 6.61 Å². The first-order valence-corrected chi connectivity index (χ1v) is 14.1. The number of fused-ring (bicyclic) bond motifs is 2. The van der Waals surface area contributed by atoms with Crippen LogP contribution in [0.25, 0.3) is 0 Å². The predicted octanol–water partition coefficient (Wildman–Crippen LogP) is 4.72. The quantitative estimate of drug-likeness (QED) is 0.324. The second-order valence-corrected chi connectivity index (χ2v) is 10.6. The standard InChI is InChI=1S/C30H31N3O4S/c34-27(32-25-15-5-10-20-8-1-3-12-22(20)25)18-37-30(36)24-14-7-17-31-29(24)38-19-28(35)33-26-16-6-11-21-9-2-4-13-23(21)26/h1-4,7-9,12-14,17,25-26H,5-6,10-11,15-16,18-19H2,(H,32,34)(H,33,35). The molecule has 0 bridgehead atoms. The van der Waals surface area contributed by atoms with E-state index in [2.05, 4.69) is 33.8 Å². The van der Waals surface area contributed by atoms with Crippen LogP contribution in [0, 0.1) is 0 Å². The number of carbonyl (C=O) groups is 3. The van der Waals surface area contributed by atoms with Crippen LogP contribution in [0.5, 0.6) is 0 Å². The van der Waals surface area contributed by atoms with E-state index >= 15 is 0 Å². The van der Waals surface area contributed by atoms with Gasteiger partial charge in [0.1, 0.15) is 5.03 Å². The molecule has 2 aliphatic rings. The molecular weight excluding hydrogens is 498 g/mol. The summed E-state index contributed by atoms with van der Waals surface area (Å²) in [6, 6.07) is 19.5. The molecule has 5 rings (SSSR count). The Bertz CT molecular complexity index is 1330. The molecule has 2 aliphatic carbocycles. The number of amides is 2. The number of pyridine rings is 1. The van der Waals surface area contributed by atoms with Crippen molar-refractivity contribution >= 4 is 29.5 Å². The van der Waals surface area contributed by atoms with E-state index in [-0.39, 0.29) is 41.8 Å². The van der Waals surface area contributed by atoms with Crippen molar-refractivity contribution in [2.45, 2.75) is 55.6 Å². The molecule has 2 unspecified atom stereocenters. The van der Waals surface area contributed by atoms with Crippen molar-refractivity contribution in [2.75, 3.05) is 12.4 Å². The van der Waals surface area contributed by atoms with Crippen LogP contribution >= 0.6 is 11.8 Å². The molecule has 0 aliphatic heterocycles. The van der Waals surface area contributed by atoms with Gasteiger partial charge in [0.25, 0.3) is 5.91 Å². The lowest BCUT2D eigenvalue weighted by atomic mass is 9.88. The number of carbonyl (C=O) groups excluding carboxylic acids is 3. The maximum Gasteiger partial charge on any atom is 0.341 e. The third-order valence-corrected chi connectivity index (χ3v) is 8.08. The average Bonchev–Trinajstić information content (AvgIpc) is 2.95. The van der Waals surface area contributed by atoms with Gasteiger partial charge in [0.05, 0.1) is 23.4 Å². The number of thioether (sulfide) groups is 1. The monoisotopic (exact) mass is 529 g/mol. The van der Waals surface area contributed by atoms with Crippen molar-refractivity contribution in [1.29, 1.82) is 0 Å². The van der Waals surface area contributed by atoms with Crippen LogP contribution in [0.15, 0.2) is 71.9 Å². The van der Waals surface area contributed by atoms with Gasteiger partial charge in [-0.05, 0) is 72.9 Å². The lowest BCUT2D eigenvalue weighted by molar-refractivity contribution is -0.125. The molecule has 38 heavy (non-hydrogen) atoms. The Hall–Kier alpha value is -3.65. The molecule has 0 saturated carbocycles. The molecule has 2 amide bonds. The summed E-state index contributed by atoms with van der Waals surface area (Å²) in [7, 11) is 0. The Morgan fingerprint density at radius 2 is 1.42 bits per heavy atom. The summed E-state index contributed by atoms with van der Waals surface area (Å²) in [5.41, 5.74) is 5.07. The van der Waals surface area contributed by atoms with Crippen molar-refractivity contribution in [3.8, 4) is 0 Å². The van der Waals surface area contributed by atoms with Gasteiger partial charge in [-0.1, -0.05) is 60.3 Å². The largest absolute Gasteiger partial charge is 0.452 e. The molecule has 0 saturated heterocycles. The fourth-order valence-corrected chi connectivity index (χ4v) is 6.08. The van der Waals surface area contributed by atoms with Crippen LogP contribution < -0.4 is 10.6 Å². The van der Waals surface area contributed by atoms with Crippen molar-refractivity contribution in [2.24, 2.45) is 0 Å². The summed E-state index contributed by atoms with van der Waals surface area (Å²) < 4.78 is 5.32. The zero-order valence-electron chi connectivity index (χ0n) is 21.2. The van der Waals surface area contributed by atoms with Crippen molar-refractivity contribution in [3.05, 3.63) is 94.7 Å². The lowest BCUT2D eigenvalue weighted by Crippen LogP contribution is -2.34. The van der Waals surface area contributed by atoms with E-state index < -0.39 is 5.97 Å². The molecule has 0 fully saturated rings. The van der Waals surface area contributed by atoms with E-state index in [1.807, 2.05) is 30.3 Å². The summed E-state index contributed by atoms with van der Waals surface area (Å²) >= 11 is 1.18. The number of nitrogens with zero attached hydrogens (tertiary/aromatic N) is 1. The van der Waals surface area contributed by atoms with Gasteiger partial charge < -0.3 is 15.4 Å². The molecule has 8 heteroatoms. The van der Waals surface area contributed by atoms with E-state index in [0.29, 0.717) is 5.03 Å². The Morgan fingerprint density at radius 3 is 2.08 bits per heavy atom. The number of esters is 1. The molecule has 7 nitrogen and oxygen atoms in total. The molecule has 0 spiro atoms. The Morgan fingerprint density at radius 1 is 0.816 bits per heavy atom.